The van der Waals surface area contributed by atoms with Crippen LogP contribution in [0.4, 0.5) is 0 Å². The first kappa shape index (κ1) is 18.5. The molecule has 2 aliphatic heterocycles. The van der Waals surface area contributed by atoms with Gasteiger partial charge in [0.25, 0.3) is 0 Å². The molecule has 3 nitrogen and oxygen atoms in total. The van der Waals surface area contributed by atoms with Crippen molar-refractivity contribution < 1.29 is 0 Å². The van der Waals surface area contributed by atoms with E-state index in [-0.39, 0.29) is 24.8 Å². The Morgan fingerprint density at radius 3 is 2.06 bits per heavy atom. The number of likely N-dealkylation sites (N-methyl/N-ethyl adjacent to an activating group) is 1. The minimum atomic E-state index is 0. The Labute approximate surface area is 124 Å². The molecule has 0 aromatic carbocycles. The quantitative estimate of drug-likeness (QED) is 0.854. The van der Waals surface area contributed by atoms with Crippen LogP contribution in [0, 0.1) is 5.92 Å². The van der Waals surface area contributed by atoms with E-state index in [0.29, 0.717) is 0 Å². The summed E-state index contributed by atoms with van der Waals surface area (Å²) in [6.07, 6.45) is 4.22. The van der Waals surface area contributed by atoms with E-state index in [1.54, 1.807) is 0 Å². The topological polar surface area (TPSA) is 18.5 Å². The van der Waals surface area contributed by atoms with Gasteiger partial charge in [-0.3, -0.25) is 0 Å². The lowest BCUT2D eigenvalue weighted by Crippen LogP contribution is -2.46. The molecule has 0 unspecified atom stereocenters. The summed E-state index contributed by atoms with van der Waals surface area (Å²) in [4.78, 5) is 5.22. The smallest absolute Gasteiger partial charge is 0.0110 e. The van der Waals surface area contributed by atoms with Gasteiger partial charge in [-0.15, -0.1) is 24.8 Å². The van der Waals surface area contributed by atoms with Crippen molar-refractivity contribution in [2.75, 3.05) is 52.4 Å². The summed E-state index contributed by atoms with van der Waals surface area (Å²) in [5.74, 6) is 0.991. The minimum absolute atomic E-state index is 0. The Balaban J connectivity index is 0.00000144. The fourth-order valence-electron chi connectivity index (χ4n) is 2.86. The molecule has 2 rings (SSSR count). The molecule has 0 bridgehead atoms. The van der Waals surface area contributed by atoms with Crippen LogP contribution in [0.5, 0.6) is 0 Å². The van der Waals surface area contributed by atoms with Crippen molar-refractivity contribution in [1.82, 2.24) is 15.1 Å². The SMILES string of the molecule is CCN1CCN(CCC2CCNCC2)CC1.Cl.Cl. The first-order valence-corrected chi connectivity index (χ1v) is 7.04. The number of rotatable bonds is 4. The average molecular weight is 298 g/mol. The maximum absolute atomic E-state index is 3.45. The molecular weight excluding hydrogens is 269 g/mol. The molecule has 1 N–H and O–H groups in total. The first-order chi connectivity index (χ1) is 7.88. The molecule has 110 valence electrons. The molecule has 0 spiro atoms. The van der Waals surface area contributed by atoms with Crippen LogP contribution < -0.4 is 5.32 Å². The Morgan fingerprint density at radius 1 is 0.944 bits per heavy atom. The predicted octanol–water partition coefficient (Wildman–Crippen LogP) is 1.86. The number of nitrogens with one attached hydrogen (secondary N) is 1. The van der Waals surface area contributed by atoms with Gasteiger partial charge < -0.3 is 15.1 Å². The Bertz CT molecular complexity index is 191. The summed E-state index contributed by atoms with van der Waals surface area (Å²) < 4.78 is 0. The maximum atomic E-state index is 3.45. The molecular formula is C13H29Cl2N3. The molecule has 2 saturated heterocycles. The molecule has 0 amide bonds. The van der Waals surface area contributed by atoms with Crippen LogP contribution in [0.3, 0.4) is 0 Å². The maximum Gasteiger partial charge on any atom is 0.0110 e. The molecule has 0 aromatic heterocycles. The van der Waals surface area contributed by atoms with Crippen molar-refractivity contribution in [3.8, 4) is 0 Å². The second-order valence-electron chi connectivity index (χ2n) is 5.26. The van der Waals surface area contributed by atoms with Crippen LogP contribution in [0.2, 0.25) is 0 Å². The van der Waals surface area contributed by atoms with Gasteiger partial charge in [-0.05, 0) is 51.4 Å². The number of piperazine rings is 1. The van der Waals surface area contributed by atoms with Crippen LogP contribution in [0.15, 0.2) is 0 Å². The molecule has 5 heteroatoms. The van der Waals surface area contributed by atoms with Gasteiger partial charge in [-0.1, -0.05) is 6.92 Å². The zero-order valence-corrected chi connectivity index (χ0v) is 13.2. The van der Waals surface area contributed by atoms with E-state index in [2.05, 4.69) is 22.0 Å². The van der Waals surface area contributed by atoms with Gasteiger partial charge in [-0.2, -0.15) is 0 Å². The summed E-state index contributed by atoms with van der Waals surface area (Å²) in [6.45, 7) is 12.5. The third-order valence-corrected chi connectivity index (χ3v) is 4.22. The summed E-state index contributed by atoms with van der Waals surface area (Å²) >= 11 is 0. The molecule has 0 atom stereocenters. The van der Waals surface area contributed by atoms with Crippen molar-refractivity contribution >= 4 is 24.8 Å². The van der Waals surface area contributed by atoms with Crippen molar-refractivity contribution in [3.05, 3.63) is 0 Å². The Kier molecular flexibility index (Phi) is 10.5. The van der Waals surface area contributed by atoms with Gasteiger partial charge in [0.2, 0.25) is 0 Å². The van der Waals surface area contributed by atoms with Crippen molar-refractivity contribution in [2.45, 2.75) is 26.2 Å². The van der Waals surface area contributed by atoms with E-state index in [4.69, 9.17) is 0 Å². The average Bonchev–Trinajstić information content (AvgIpc) is 2.38. The largest absolute Gasteiger partial charge is 0.317 e. The van der Waals surface area contributed by atoms with Crippen LogP contribution >= 0.6 is 24.8 Å². The normalized spacial score (nSPS) is 23.2. The van der Waals surface area contributed by atoms with E-state index >= 15 is 0 Å². The van der Waals surface area contributed by atoms with Gasteiger partial charge >= 0.3 is 0 Å². The van der Waals surface area contributed by atoms with Gasteiger partial charge in [0.05, 0.1) is 0 Å². The molecule has 2 heterocycles. The molecule has 2 fully saturated rings. The highest BCUT2D eigenvalue weighted by atomic mass is 35.5. The summed E-state index contributed by atoms with van der Waals surface area (Å²) in [7, 11) is 0. The lowest BCUT2D eigenvalue weighted by molar-refractivity contribution is 0.128. The highest BCUT2D eigenvalue weighted by Gasteiger charge is 2.18. The molecule has 0 radical (unpaired) electrons. The van der Waals surface area contributed by atoms with E-state index in [9.17, 15) is 0 Å². The number of nitrogens with zero attached hydrogens (tertiary/aromatic N) is 2. The predicted molar refractivity (Wildman–Crippen MR) is 83.3 cm³/mol. The second kappa shape index (κ2) is 10.3. The zero-order chi connectivity index (χ0) is 11.2. The standard InChI is InChI=1S/C13H27N3.2ClH/c1-2-15-9-11-16(12-10-15)8-5-13-3-6-14-7-4-13;;/h13-14H,2-12H2,1H3;2*1H. The summed E-state index contributed by atoms with van der Waals surface area (Å²) in [5, 5.41) is 3.45. The third-order valence-electron chi connectivity index (χ3n) is 4.22. The zero-order valence-electron chi connectivity index (χ0n) is 11.6. The summed E-state index contributed by atoms with van der Waals surface area (Å²) in [6, 6.07) is 0. The fourth-order valence-corrected chi connectivity index (χ4v) is 2.86. The van der Waals surface area contributed by atoms with Crippen molar-refractivity contribution in [3.63, 3.8) is 0 Å². The van der Waals surface area contributed by atoms with Gasteiger partial charge in [0, 0.05) is 26.2 Å². The number of halogens is 2. The van der Waals surface area contributed by atoms with Crippen molar-refractivity contribution in [2.24, 2.45) is 5.92 Å². The van der Waals surface area contributed by atoms with Gasteiger partial charge in [-0.25, -0.2) is 0 Å². The third kappa shape index (κ3) is 6.07. The van der Waals surface area contributed by atoms with E-state index < -0.39 is 0 Å². The van der Waals surface area contributed by atoms with Crippen LogP contribution in [0.1, 0.15) is 26.2 Å². The number of piperidine rings is 1. The number of hydrogen-bond acceptors (Lipinski definition) is 3. The lowest BCUT2D eigenvalue weighted by atomic mass is 9.94. The molecule has 2 aliphatic rings. The van der Waals surface area contributed by atoms with Crippen LogP contribution in [-0.4, -0.2) is 62.2 Å². The van der Waals surface area contributed by atoms with Gasteiger partial charge in [0.15, 0.2) is 0 Å². The lowest BCUT2D eigenvalue weighted by Gasteiger charge is -2.35. The summed E-state index contributed by atoms with van der Waals surface area (Å²) in [5.41, 5.74) is 0. The van der Waals surface area contributed by atoms with E-state index in [1.165, 1.54) is 71.6 Å². The first-order valence-electron chi connectivity index (χ1n) is 7.04. The number of hydrogen-bond donors (Lipinski definition) is 1. The highest BCUT2D eigenvalue weighted by molar-refractivity contribution is 5.85. The molecule has 0 aliphatic carbocycles. The molecule has 0 saturated carbocycles. The Hall–Kier alpha value is 0.460. The molecule has 0 aromatic rings. The fraction of sp³-hybridized carbons (Fsp3) is 1.00. The van der Waals surface area contributed by atoms with Gasteiger partial charge in [0.1, 0.15) is 0 Å². The monoisotopic (exact) mass is 297 g/mol. The van der Waals surface area contributed by atoms with Crippen LogP contribution in [-0.2, 0) is 0 Å². The van der Waals surface area contributed by atoms with Crippen LogP contribution in [0.25, 0.3) is 0 Å². The van der Waals surface area contributed by atoms with E-state index in [1.807, 2.05) is 0 Å². The van der Waals surface area contributed by atoms with Crippen molar-refractivity contribution in [1.29, 1.82) is 0 Å². The second-order valence-corrected chi connectivity index (χ2v) is 5.26. The minimum Gasteiger partial charge on any atom is -0.317 e. The highest BCUT2D eigenvalue weighted by Crippen LogP contribution is 2.16. The Morgan fingerprint density at radius 2 is 1.50 bits per heavy atom. The van der Waals surface area contributed by atoms with E-state index in [0.717, 1.165) is 5.92 Å². The molecule has 18 heavy (non-hydrogen) atoms.